The van der Waals surface area contributed by atoms with Crippen LogP contribution in [0.25, 0.3) is 0 Å². The highest BCUT2D eigenvalue weighted by Gasteiger charge is 2.38. The summed E-state index contributed by atoms with van der Waals surface area (Å²) in [4.78, 5) is 35.8. The van der Waals surface area contributed by atoms with Gasteiger partial charge in [0.25, 0.3) is 5.91 Å². The van der Waals surface area contributed by atoms with Gasteiger partial charge in [-0.3, -0.25) is 4.79 Å². The summed E-state index contributed by atoms with van der Waals surface area (Å²) in [5, 5.41) is 15.6. The van der Waals surface area contributed by atoms with Gasteiger partial charge in [-0.15, -0.1) is 0 Å². The molecule has 67 heavy (non-hydrogen) atoms. The summed E-state index contributed by atoms with van der Waals surface area (Å²) in [6.07, 6.45) is 3.72. The summed E-state index contributed by atoms with van der Waals surface area (Å²) >= 11 is 0. The summed E-state index contributed by atoms with van der Waals surface area (Å²) < 4.78 is 32.6. The number of carbonyl (C=O) groups is 2. The molecule has 2 N–H and O–H groups in total. The van der Waals surface area contributed by atoms with E-state index >= 15 is 0 Å². The predicted molar refractivity (Wildman–Crippen MR) is 281 cm³/mol. The number of rotatable bonds is 22. The van der Waals surface area contributed by atoms with Gasteiger partial charge in [0, 0.05) is 73.5 Å². The van der Waals surface area contributed by atoms with Gasteiger partial charge in [-0.25, -0.2) is 24.1 Å². The van der Waals surface area contributed by atoms with Gasteiger partial charge >= 0.3 is 5.97 Å². The molecule has 0 bridgehead atoms. The van der Waals surface area contributed by atoms with Crippen molar-refractivity contribution in [2.24, 2.45) is 0 Å². The molecule has 0 aliphatic carbocycles. The Morgan fingerprint density at radius 1 is 0.612 bits per heavy atom. The van der Waals surface area contributed by atoms with Gasteiger partial charge in [-0.1, -0.05) is 80.8 Å². The maximum absolute atomic E-state index is 12.7. The van der Waals surface area contributed by atoms with E-state index in [0.717, 1.165) is 25.3 Å². The van der Waals surface area contributed by atoms with Crippen molar-refractivity contribution in [2.45, 2.75) is 156 Å². The van der Waals surface area contributed by atoms with Crippen LogP contribution in [0.3, 0.4) is 0 Å². The maximum atomic E-state index is 12.7. The Hall–Kier alpha value is -4.03. The van der Waals surface area contributed by atoms with E-state index in [9.17, 15) is 9.59 Å². The maximum Gasteiger partial charge on any atom is 0.338 e. The first-order valence-corrected chi connectivity index (χ1v) is 36.4. The van der Waals surface area contributed by atoms with E-state index in [4.69, 9.17) is 28.0 Å². The zero-order chi connectivity index (χ0) is 50.6. The highest BCUT2D eigenvalue weighted by atomic mass is 28.4. The molecule has 0 saturated carbocycles. The lowest BCUT2D eigenvalue weighted by atomic mass is 10.2. The van der Waals surface area contributed by atoms with E-state index in [2.05, 4.69) is 133 Å². The zero-order valence-corrected chi connectivity index (χ0v) is 48.3. The van der Waals surface area contributed by atoms with Crippen LogP contribution in [-0.4, -0.2) is 114 Å². The fourth-order valence-electron chi connectivity index (χ4n) is 5.35. The Kier molecular flexibility index (Phi) is 20.5. The number of anilines is 4. The Balaban J connectivity index is 0.000000355. The molecule has 16 nitrogen and oxygen atoms in total. The van der Waals surface area contributed by atoms with Crippen molar-refractivity contribution in [3.8, 4) is 0 Å². The van der Waals surface area contributed by atoms with Crippen LogP contribution in [0.15, 0.2) is 48.8 Å². The van der Waals surface area contributed by atoms with Crippen molar-refractivity contribution in [1.29, 1.82) is 0 Å². The van der Waals surface area contributed by atoms with Crippen LogP contribution in [0.1, 0.15) is 73.6 Å². The Labute approximate surface area is 405 Å². The van der Waals surface area contributed by atoms with Crippen LogP contribution in [0.4, 0.5) is 23.3 Å². The van der Waals surface area contributed by atoms with E-state index < -0.39 is 38.8 Å². The molecule has 20 heteroatoms. The molecule has 1 amide bonds. The minimum absolute atomic E-state index is 0.0814. The lowest BCUT2D eigenvalue weighted by molar-refractivity contribution is 0.0600. The molecule has 0 radical (unpaired) electrons. The lowest BCUT2D eigenvalue weighted by Gasteiger charge is -2.36. The topological polar surface area (TPSA) is 169 Å². The molecule has 4 heterocycles. The number of carbonyl (C=O) groups excluding carboxylic acids is 2. The first-order chi connectivity index (χ1) is 30.8. The summed E-state index contributed by atoms with van der Waals surface area (Å²) in [5.74, 6) is 1.83. The standard InChI is InChI=1S/C24H43N5O3Si2.C23H40N4O4Si2/c1-24(2,3)34(9,10)32-17-20-15-19(23(30)28(4)5)16-22(25-20)26-21-11-12-29(27-21)18-31-13-14-33(6,7)8;1-23(2,3)33(8,9)31-16-19-14-18(22(28)29-4)15-21(24-19)25-20-10-11-27(26-20)17-30-12-13-32(5,6)7/h11-12,15-16H,13-14,17-18H2,1-10H3,(H,25,26,27);10-11,14-15H,12-13,16-17H2,1-9H3,(H,24,25,26). The van der Waals surface area contributed by atoms with E-state index in [-0.39, 0.29) is 16.0 Å². The first-order valence-electron chi connectivity index (χ1n) is 23.1. The van der Waals surface area contributed by atoms with E-state index in [1.165, 1.54) is 7.11 Å². The molecule has 374 valence electrons. The summed E-state index contributed by atoms with van der Waals surface area (Å²) in [7, 11) is -1.29. The second-order valence-electron chi connectivity index (χ2n) is 22.7. The van der Waals surface area contributed by atoms with E-state index in [1.807, 2.05) is 30.6 Å². The smallest absolute Gasteiger partial charge is 0.338 e. The predicted octanol–water partition coefficient (Wildman–Crippen LogP) is 11.2. The minimum Gasteiger partial charge on any atom is -0.465 e. The average Bonchev–Trinajstić information content (AvgIpc) is 3.86. The number of nitrogens with zero attached hydrogens (tertiary/aromatic N) is 7. The molecule has 0 fully saturated rings. The number of amides is 1. The normalized spacial score (nSPS) is 12.6. The number of hydrogen-bond acceptors (Lipinski definition) is 13. The quantitative estimate of drug-likeness (QED) is 0.0434. The molecule has 0 aliphatic rings. The summed E-state index contributed by atoms with van der Waals surface area (Å²) in [5.41, 5.74) is 2.36. The van der Waals surface area contributed by atoms with Crippen LogP contribution < -0.4 is 10.6 Å². The van der Waals surface area contributed by atoms with Gasteiger partial charge in [0.2, 0.25) is 0 Å². The lowest BCUT2D eigenvalue weighted by Crippen LogP contribution is -2.40. The van der Waals surface area contributed by atoms with Crippen molar-refractivity contribution in [1.82, 2.24) is 34.4 Å². The van der Waals surface area contributed by atoms with Crippen molar-refractivity contribution < 1.29 is 32.7 Å². The molecule has 0 unspecified atom stereocenters. The van der Waals surface area contributed by atoms with Crippen LogP contribution in [0.5, 0.6) is 0 Å². The fourth-order valence-corrected chi connectivity index (χ4v) is 8.74. The molecular formula is C47H83N9O7Si4. The number of pyridine rings is 2. The van der Waals surface area contributed by atoms with Gasteiger partial charge in [0.15, 0.2) is 28.3 Å². The summed E-state index contributed by atoms with van der Waals surface area (Å²) in [6, 6.07) is 12.9. The monoisotopic (exact) mass is 998 g/mol. The second kappa shape index (κ2) is 24.0. The average molecular weight is 999 g/mol. The minimum atomic E-state index is -1.96. The SMILES string of the molecule is CN(C)C(=O)c1cc(CO[Si](C)(C)C(C)(C)C)nc(Nc2ccn(COCC[Si](C)(C)C)n2)c1.COC(=O)c1cc(CO[Si](C)(C)C(C)(C)C)nc(Nc2ccn(COCC[Si](C)(C)C)n2)c1. The third-order valence-electron chi connectivity index (χ3n) is 11.8. The number of aromatic nitrogens is 6. The van der Waals surface area contributed by atoms with Gasteiger partial charge in [-0.05, 0) is 72.6 Å². The highest BCUT2D eigenvalue weighted by Crippen LogP contribution is 2.38. The van der Waals surface area contributed by atoms with Crippen molar-refractivity contribution in [2.75, 3.05) is 45.1 Å². The Morgan fingerprint density at radius 3 is 1.36 bits per heavy atom. The van der Waals surface area contributed by atoms with Gasteiger partial charge in [-0.2, -0.15) is 10.2 Å². The van der Waals surface area contributed by atoms with Crippen molar-refractivity contribution in [3.63, 3.8) is 0 Å². The number of methoxy groups -OCH3 is 1. The fraction of sp³-hybridized carbons (Fsp3) is 0.617. The molecule has 4 aromatic heterocycles. The van der Waals surface area contributed by atoms with Crippen molar-refractivity contribution in [3.05, 3.63) is 71.3 Å². The van der Waals surface area contributed by atoms with Gasteiger partial charge in [0.1, 0.15) is 25.1 Å². The number of nitrogens with one attached hydrogen (secondary N) is 2. The van der Waals surface area contributed by atoms with Crippen LogP contribution >= 0.6 is 0 Å². The van der Waals surface area contributed by atoms with Crippen LogP contribution in [0, 0.1) is 0 Å². The molecule has 4 aromatic rings. The largest absolute Gasteiger partial charge is 0.465 e. The molecule has 4 rings (SSSR count). The molecule has 0 spiro atoms. The van der Waals surface area contributed by atoms with E-state index in [0.29, 0.717) is 72.5 Å². The number of hydrogen-bond donors (Lipinski definition) is 2. The van der Waals surface area contributed by atoms with Crippen LogP contribution in [-0.2, 0) is 49.7 Å². The van der Waals surface area contributed by atoms with Gasteiger partial charge in [0.05, 0.1) is 37.3 Å². The zero-order valence-electron chi connectivity index (χ0n) is 44.3. The van der Waals surface area contributed by atoms with Gasteiger partial charge < -0.3 is 38.6 Å². The third kappa shape index (κ3) is 19.8. The molecule has 0 saturated heterocycles. The second-order valence-corrected chi connectivity index (χ2v) is 43.5. The van der Waals surface area contributed by atoms with Crippen molar-refractivity contribution >= 4 is 67.9 Å². The Morgan fingerprint density at radius 2 is 1.00 bits per heavy atom. The first kappa shape index (κ1) is 57.3. The number of esters is 1. The molecular weight excluding hydrogens is 915 g/mol. The molecule has 0 aromatic carbocycles. The molecule has 0 atom stereocenters. The molecule has 0 aliphatic heterocycles. The number of ether oxygens (including phenoxy) is 3. The van der Waals surface area contributed by atoms with Crippen LogP contribution in [0.2, 0.25) is 87.6 Å². The summed E-state index contributed by atoms with van der Waals surface area (Å²) in [6.45, 7) is 38.9. The Bertz CT molecular complexity index is 2200. The van der Waals surface area contributed by atoms with E-state index in [1.54, 1.807) is 46.6 Å². The highest BCUT2D eigenvalue weighted by molar-refractivity contribution is 6.76. The third-order valence-corrected chi connectivity index (χ3v) is 24.2.